The van der Waals surface area contributed by atoms with Crippen molar-refractivity contribution in [2.75, 3.05) is 7.11 Å². The summed E-state index contributed by atoms with van der Waals surface area (Å²) in [5.74, 6) is 0.770. The number of H-pyrrole nitrogens is 1. The van der Waals surface area contributed by atoms with Crippen LogP contribution in [-0.4, -0.2) is 31.8 Å². The quantitative estimate of drug-likeness (QED) is 0.408. The highest BCUT2D eigenvalue weighted by Gasteiger charge is 2.19. The first-order chi connectivity index (χ1) is 16.0. The fraction of sp³-hybridized carbons (Fsp3) is 0.120. The van der Waals surface area contributed by atoms with Crippen LogP contribution in [0.15, 0.2) is 81.4 Å². The lowest BCUT2D eigenvalue weighted by molar-refractivity contribution is 0.396. The van der Waals surface area contributed by atoms with E-state index in [0.717, 1.165) is 15.5 Å². The number of aryl methyl sites for hydroxylation is 2. The minimum Gasteiger partial charge on any atom is -0.480 e. The Morgan fingerprint density at radius 3 is 2.45 bits per heavy atom. The van der Waals surface area contributed by atoms with Crippen molar-refractivity contribution in [1.82, 2.24) is 24.7 Å². The third-order valence-corrected chi connectivity index (χ3v) is 6.21. The van der Waals surface area contributed by atoms with Crippen molar-refractivity contribution in [3.63, 3.8) is 0 Å². The van der Waals surface area contributed by atoms with Gasteiger partial charge in [0.2, 0.25) is 5.88 Å². The molecule has 0 radical (unpaired) electrons. The average molecular weight is 456 g/mol. The molecule has 2 aromatic carbocycles. The zero-order valence-electron chi connectivity index (χ0n) is 18.4. The maximum Gasteiger partial charge on any atom is 0.262 e. The first-order valence-electron chi connectivity index (χ1n) is 10.4. The van der Waals surface area contributed by atoms with E-state index in [1.54, 1.807) is 30.6 Å². The molecule has 0 aliphatic carbocycles. The second kappa shape index (κ2) is 8.55. The summed E-state index contributed by atoms with van der Waals surface area (Å²) in [6.45, 7) is 2.06. The number of rotatable bonds is 5. The van der Waals surface area contributed by atoms with Gasteiger partial charge >= 0.3 is 0 Å². The predicted octanol–water partition coefficient (Wildman–Crippen LogP) is 4.85. The summed E-state index contributed by atoms with van der Waals surface area (Å²) in [5, 5.41) is 5.79. The highest BCUT2D eigenvalue weighted by Crippen LogP contribution is 2.33. The van der Waals surface area contributed by atoms with Crippen molar-refractivity contribution in [3.05, 3.63) is 82.6 Å². The zero-order valence-corrected chi connectivity index (χ0v) is 19.2. The second-order valence-electron chi connectivity index (χ2n) is 7.57. The number of benzene rings is 2. The van der Waals surface area contributed by atoms with Gasteiger partial charge in [-0.05, 0) is 31.2 Å². The Balaban J connectivity index is 1.57. The smallest absolute Gasteiger partial charge is 0.262 e. The van der Waals surface area contributed by atoms with Crippen LogP contribution >= 0.6 is 11.8 Å². The minimum absolute atomic E-state index is 0.262. The molecular formula is C25H21N5O2S. The molecule has 0 aliphatic heterocycles. The molecule has 33 heavy (non-hydrogen) atoms. The molecular weight excluding hydrogens is 434 g/mol. The number of aromatic amines is 1. The van der Waals surface area contributed by atoms with Gasteiger partial charge in [0.05, 0.1) is 12.7 Å². The van der Waals surface area contributed by atoms with Crippen molar-refractivity contribution in [2.45, 2.75) is 16.8 Å². The number of nitrogens with one attached hydrogen (secondary N) is 1. The molecule has 3 aromatic heterocycles. The van der Waals surface area contributed by atoms with Crippen LogP contribution in [0.4, 0.5) is 0 Å². The van der Waals surface area contributed by atoms with Gasteiger partial charge in [0.1, 0.15) is 21.9 Å². The van der Waals surface area contributed by atoms with Gasteiger partial charge in [-0.3, -0.25) is 4.79 Å². The lowest BCUT2D eigenvalue weighted by atomic mass is 10.1. The molecule has 3 heterocycles. The summed E-state index contributed by atoms with van der Waals surface area (Å²) >= 11 is 1.54. The number of fused-ring (bicyclic) bond motifs is 1. The SMILES string of the molecule is COc1nc(Sc2ccc(C)cc2)ccc1-c1nc2c(c(-c3ccccc3)nn2C)c(=O)[nH]1. The van der Waals surface area contributed by atoms with Crippen molar-refractivity contribution >= 4 is 22.8 Å². The fourth-order valence-corrected chi connectivity index (χ4v) is 4.40. The minimum atomic E-state index is -0.262. The third-order valence-electron chi connectivity index (χ3n) is 5.27. The summed E-state index contributed by atoms with van der Waals surface area (Å²) in [5.41, 5.74) is 3.50. The molecule has 164 valence electrons. The van der Waals surface area contributed by atoms with Crippen LogP contribution < -0.4 is 10.3 Å². The van der Waals surface area contributed by atoms with Crippen molar-refractivity contribution < 1.29 is 4.74 Å². The van der Waals surface area contributed by atoms with Crippen LogP contribution in [0.3, 0.4) is 0 Å². The maximum absolute atomic E-state index is 13.1. The molecule has 0 fully saturated rings. The van der Waals surface area contributed by atoms with E-state index in [0.29, 0.717) is 34.0 Å². The van der Waals surface area contributed by atoms with E-state index in [1.165, 1.54) is 5.56 Å². The Hall–Kier alpha value is -3.91. The van der Waals surface area contributed by atoms with Gasteiger partial charge in [-0.2, -0.15) is 5.10 Å². The monoisotopic (exact) mass is 455 g/mol. The molecule has 0 aliphatic rings. The lowest BCUT2D eigenvalue weighted by Gasteiger charge is -2.09. The lowest BCUT2D eigenvalue weighted by Crippen LogP contribution is -2.11. The van der Waals surface area contributed by atoms with Gasteiger partial charge in [-0.15, -0.1) is 0 Å². The number of ether oxygens (including phenoxy) is 1. The molecule has 5 aromatic rings. The Morgan fingerprint density at radius 2 is 1.73 bits per heavy atom. The highest BCUT2D eigenvalue weighted by atomic mass is 32.2. The predicted molar refractivity (Wildman–Crippen MR) is 130 cm³/mol. The molecule has 8 heteroatoms. The van der Waals surface area contributed by atoms with Gasteiger partial charge in [0, 0.05) is 17.5 Å². The van der Waals surface area contributed by atoms with Crippen LogP contribution in [-0.2, 0) is 7.05 Å². The summed E-state index contributed by atoms with van der Waals surface area (Å²) in [6.07, 6.45) is 0. The van der Waals surface area contributed by atoms with Crippen LogP contribution in [0.2, 0.25) is 0 Å². The molecule has 0 amide bonds. The maximum atomic E-state index is 13.1. The molecule has 0 saturated carbocycles. The number of aromatic nitrogens is 5. The first kappa shape index (κ1) is 21.0. The molecule has 0 bridgehead atoms. The van der Waals surface area contributed by atoms with E-state index < -0.39 is 0 Å². The molecule has 0 unspecified atom stereocenters. The summed E-state index contributed by atoms with van der Waals surface area (Å²) in [7, 11) is 3.34. The number of hydrogen-bond donors (Lipinski definition) is 1. The number of nitrogens with zero attached hydrogens (tertiary/aromatic N) is 4. The average Bonchev–Trinajstić information content (AvgIpc) is 3.18. The van der Waals surface area contributed by atoms with Crippen LogP contribution in [0.1, 0.15) is 5.56 Å². The molecule has 1 N–H and O–H groups in total. The Labute approximate surface area is 194 Å². The molecule has 7 nitrogen and oxygen atoms in total. The van der Waals surface area contributed by atoms with E-state index in [9.17, 15) is 4.79 Å². The van der Waals surface area contributed by atoms with E-state index >= 15 is 0 Å². The summed E-state index contributed by atoms with van der Waals surface area (Å²) in [4.78, 5) is 26.4. The van der Waals surface area contributed by atoms with Crippen LogP contribution in [0.5, 0.6) is 5.88 Å². The van der Waals surface area contributed by atoms with Gasteiger partial charge in [-0.25, -0.2) is 14.6 Å². The van der Waals surface area contributed by atoms with Gasteiger partial charge in [0.15, 0.2) is 5.65 Å². The third kappa shape index (κ3) is 4.01. The topological polar surface area (TPSA) is 85.7 Å². The van der Waals surface area contributed by atoms with Crippen molar-refractivity contribution in [1.29, 1.82) is 0 Å². The Morgan fingerprint density at radius 1 is 0.970 bits per heavy atom. The van der Waals surface area contributed by atoms with Crippen molar-refractivity contribution in [3.8, 4) is 28.5 Å². The van der Waals surface area contributed by atoms with E-state index in [1.807, 2.05) is 42.5 Å². The van der Waals surface area contributed by atoms with E-state index in [-0.39, 0.29) is 5.56 Å². The van der Waals surface area contributed by atoms with E-state index in [2.05, 4.69) is 46.3 Å². The molecule has 0 atom stereocenters. The summed E-state index contributed by atoms with van der Waals surface area (Å²) in [6, 6.07) is 21.6. The highest BCUT2D eigenvalue weighted by molar-refractivity contribution is 7.99. The summed E-state index contributed by atoms with van der Waals surface area (Å²) < 4.78 is 7.17. The van der Waals surface area contributed by atoms with Crippen LogP contribution in [0, 0.1) is 6.92 Å². The van der Waals surface area contributed by atoms with Gasteiger partial charge in [-0.1, -0.05) is 59.8 Å². The standard InChI is InChI=1S/C25H21N5O2S/c1-15-9-11-17(12-10-15)33-19-14-13-18(25(26-19)32-3)22-27-23-20(24(31)28-22)21(29-30(23)2)16-7-5-4-6-8-16/h4-14H,1-3H3,(H,27,28,31). The Kier molecular flexibility index (Phi) is 5.43. The molecule has 0 saturated heterocycles. The normalized spacial score (nSPS) is 11.1. The van der Waals surface area contributed by atoms with Crippen LogP contribution in [0.25, 0.3) is 33.7 Å². The first-order valence-corrected chi connectivity index (χ1v) is 11.2. The fourth-order valence-electron chi connectivity index (χ4n) is 3.63. The number of hydrogen-bond acceptors (Lipinski definition) is 6. The van der Waals surface area contributed by atoms with E-state index in [4.69, 9.17) is 9.72 Å². The zero-order chi connectivity index (χ0) is 22.9. The molecule has 5 rings (SSSR count). The largest absolute Gasteiger partial charge is 0.480 e. The van der Waals surface area contributed by atoms with Crippen molar-refractivity contribution in [2.24, 2.45) is 7.05 Å². The number of methoxy groups -OCH3 is 1. The molecule has 0 spiro atoms. The second-order valence-corrected chi connectivity index (χ2v) is 8.67. The number of pyridine rings is 1. The van der Waals surface area contributed by atoms with Gasteiger partial charge in [0.25, 0.3) is 5.56 Å². The Bertz CT molecular complexity index is 1510. The van der Waals surface area contributed by atoms with Gasteiger partial charge < -0.3 is 9.72 Å².